The Morgan fingerprint density at radius 1 is 1.10 bits per heavy atom. The SMILES string of the molecule is Nc1ccc(-c2nc(-c3ccc(F)cn3)no2)c(F)c1. The van der Waals surface area contributed by atoms with E-state index in [0.717, 1.165) is 12.3 Å². The van der Waals surface area contributed by atoms with Crippen molar-refractivity contribution in [3.63, 3.8) is 0 Å². The van der Waals surface area contributed by atoms with Gasteiger partial charge in [0, 0.05) is 5.69 Å². The quantitative estimate of drug-likeness (QED) is 0.727. The van der Waals surface area contributed by atoms with Gasteiger partial charge in [-0.15, -0.1) is 0 Å². The van der Waals surface area contributed by atoms with Gasteiger partial charge in [0.05, 0.1) is 11.8 Å². The molecule has 2 heterocycles. The van der Waals surface area contributed by atoms with Crippen molar-refractivity contribution in [1.82, 2.24) is 15.1 Å². The highest BCUT2D eigenvalue weighted by Crippen LogP contribution is 2.24. The number of pyridine rings is 1. The van der Waals surface area contributed by atoms with Crippen LogP contribution in [0.25, 0.3) is 23.0 Å². The fraction of sp³-hybridized carbons (Fsp3) is 0. The predicted molar refractivity (Wildman–Crippen MR) is 67.3 cm³/mol. The van der Waals surface area contributed by atoms with Gasteiger partial charge in [0.1, 0.15) is 17.3 Å². The number of rotatable bonds is 2. The van der Waals surface area contributed by atoms with Crippen LogP contribution in [0.1, 0.15) is 0 Å². The Balaban J connectivity index is 1.99. The zero-order valence-corrected chi connectivity index (χ0v) is 10.0. The van der Waals surface area contributed by atoms with Gasteiger partial charge < -0.3 is 10.3 Å². The highest BCUT2D eigenvalue weighted by Gasteiger charge is 2.15. The standard InChI is InChI=1S/C13H8F2N4O/c14-7-1-4-11(17-6-7)12-18-13(20-19-12)9-3-2-8(16)5-10(9)15/h1-6H,16H2. The Bertz CT molecular complexity index is 755. The maximum absolute atomic E-state index is 13.7. The number of nitrogen functional groups attached to an aromatic ring is 1. The molecule has 0 unspecified atom stereocenters. The second-order valence-electron chi connectivity index (χ2n) is 4.02. The second kappa shape index (κ2) is 4.69. The molecular weight excluding hydrogens is 266 g/mol. The molecule has 0 saturated carbocycles. The fourth-order valence-corrected chi connectivity index (χ4v) is 1.65. The van der Waals surface area contributed by atoms with Crippen LogP contribution >= 0.6 is 0 Å². The molecule has 0 spiro atoms. The summed E-state index contributed by atoms with van der Waals surface area (Å²) < 4.78 is 31.5. The molecule has 0 fully saturated rings. The monoisotopic (exact) mass is 274 g/mol. The number of nitrogens with zero attached hydrogens (tertiary/aromatic N) is 3. The van der Waals surface area contributed by atoms with Crippen molar-refractivity contribution in [1.29, 1.82) is 0 Å². The number of aromatic nitrogens is 3. The number of nitrogens with two attached hydrogens (primary N) is 1. The van der Waals surface area contributed by atoms with Gasteiger partial charge in [-0.25, -0.2) is 13.8 Å². The molecule has 7 heteroatoms. The van der Waals surface area contributed by atoms with Gasteiger partial charge in [0.25, 0.3) is 5.89 Å². The summed E-state index contributed by atoms with van der Waals surface area (Å²) in [7, 11) is 0. The van der Waals surface area contributed by atoms with E-state index in [2.05, 4.69) is 15.1 Å². The number of halogens is 2. The molecule has 0 amide bonds. The number of hydrogen-bond acceptors (Lipinski definition) is 5. The van der Waals surface area contributed by atoms with E-state index in [1.54, 1.807) is 0 Å². The molecule has 5 nitrogen and oxygen atoms in total. The minimum Gasteiger partial charge on any atom is -0.399 e. The van der Waals surface area contributed by atoms with Gasteiger partial charge in [0.2, 0.25) is 5.82 Å². The van der Waals surface area contributed by atoms with Crippen LogP contribution in [0.3, 0.4) is 0 Å². The normalized spacial score (nSPS) is 10.7. The maximum Gasteiger partial charge on any atom is 0.261 e. The van der Waals surface area contributed by atoms with E-state index in [4.69, 9.17) is 10.3 Å². The first-order chi connectivity index (χ1) is 9.63. The minimum absolute atomic E-state index is 0.00336. The number of benzene rings is 1. The molecule has 0 atom stereocenters. The van der Waals surface area contributed by atoms with Gasteiger partial charge >= 0.3 is 0 Å². The first-order valence-electron chi connectivity index (χ1n) is 5.64. The molecule has 0 aliphatic heterocycles. The molecular formula is C13H8F2N4O. The lowest BCUT2D eigenvalue weighted by molar-refractivity contribution is 0.429. The molecule has 0 aliphatic carbocycles. The van der Waals surface area contributed by atoms with Crippen LogP contribution in [0.4, 0.5) is 14.5 Å². The van der Waals surface area contributed by atoms with Gasteiger partial charge in [-0.3, -0.25) is 0 Å². The van der Waals surface area contributed by atoms with Crippen molar-refractivity contribution in [3.8, 4) is 23.0 Å². The molecule has 0 aliphatic rings. The Kier molecular flexibility index (Phi) is 2.86. The van der Waals surface area contributed by atoms with Crippen LogP contribution in [0, 0.1) is 11.6 Å². The summed E-state index contributed by atoms with van der Waals surface area (Å²) in [6.07, 6.45) is 1.04. The third-order valence-corrected chi connectivity index (χ3v) is 2.61. The second-order valence-corrected chi connectivity index (χ2v) is 4.02. The van der Waals surface area contributed by atoms with E-state index in [1.165, 1.54) is 24.3 Å². The smallest absolute Gasteiger partial charge is 0.261 e. The highest BCUT2D eigenvalue weighted by atomic mass is 19.1. The van der Waals surface area contributed by atoms with Crippen LogP contribution in [-0.4, -0.2) is 15.1 Å². The zero-order valence-electron chi connectivity index (χ0n) is 10.0. The fourth-order valence-electron chi connectivity index (χ4n) is 1.65. The lowest BCUT2D eigenvalue weighted by atomic mass is 10.2. The van der Waals surface area contributed by atoms with E-state index < -0.39 is 11.6 Å². The van der Waals surface area contributed by atoms with Crippen molar-refractivity contribution in [2.75, 3.05) is 5.73 Å². The highest BCUT2D eigenvalue weighted by molar-refractivity contribution is 5.60. The van der Waals surface area contributed by atoms with E-state index in [-0.39, 0.29) is 17.3 Å². The Morgan fingerprint density at radius 3 is 2.65 bits per heavy atom. The Hall–Kier alpha value is -2.83. The molecule has 2 N–H and O–H groups in total. The summed E-state index contributed by atoms with van der Waals surface area (Å²) in [5, 5.41) is 3.69. The van der Waals surface area contributed by atoms with Crippen molar-refractivity contribution in [3.05, 3.63) is 48.2 Å². The van der Waals surface area contributed by atoms with Gasteiger partial charge in [-0.05, 0) is 30.3 Å². The minimum atomic E-state index is -0.563. The molecule has 1 aromatic carbocycles. The molecule has 0 saturated heterocycles. The van der Waals surface area contributed by atoms with E-state index in [1.807, 2.05) is 0 Å². The van der Waals surface area contributed by atoms with E-state index >= 15 is 0 Å². The summed E-state index contributed by atoms with van der Waals surface area (Å²) in [6, 6.07) is 6.76. The van der Waals surface area contributed by atoms with Crippen LogP contribution < -0.4 is 5.73 Å². The van der Waals surface area contributed by atoms with Crippen LogP contribution in [0.5, 0.6) is 0 Å². The van der Waals surface area contributed by atoms with Gasteiger partial charge in [-0.1, -0.05) is 5.16 Å². The van der Waals surface area contributed by atoms with E-state index in [0.29, 0.717) is 11.4 Å². The zero-order chi connectivity index (χ0) is 14.1. The Morgan fingerprint density at radius 2 is 1.95 bits per heavy atom. The molecule has 3 rings (SSSR count). The summed E-state index contributed by atoms with van der Waals surface area (Å²) in [5.41, 5.74) is 6.23. The third-order valence-electron chi connectivity index (χ3n) is 2.61. The Labute approximate surface area is 112 Å². The summed E-state index contributed by atoms with van der Waals surface area (Å²) in [6.45, 7) is 0. The van der Waals surface area contributed by atoms with Crippen LogP contribution in [0.15, 0.2) is 41.1 Å². The molecule has 100 valence electrons. The maximum atomic E-state index is 13.7. The summed E-state index contributed by atoms with van der Waals surface area (Å²) in [4.78, 5) is 7.85. The van der Waals surface area contributed by atoms with Crippen molar-refractivity contribution in [2.45, 2.75) is 0 Å². The molecule has 3 aromatic rings. The average Bonchev–Trinajstić information content (AvgIpc) is 2.89. The average molecular weight is 274 g/mol. The van der Waals surface area contributed by atoms with Gasteiger partial charge in [0.15, 0.2) is 0 Å². The molecule has 0 bridgehead atoms. The lowest BCUT2D eigenvalue weighted by Crippen LogP contribution is -1.90. The third kappa shape index (κ3) is 2.20. The first-order valence-corrected chi connectivity index (χ1v) is 5.64. The van der Waals surface area contributed by atoms with Crippen LogP contribution in [-0.2, 0) is 0 Å². The lowest BCUT2D eigenvalue weighted by Gasteiger charge is -1.98. The van der Waals surface area contributed by atoms with Gasteiger partial charge in [-0.2, -0.15) is 4.98 Å². The summed E-state index contributed by atoms with van der Waals surface area (Å²) in [5.74, 6) is -0.880. The number of hydrogen-bond donors (Lipinski definition) is 1. The molecule has 2 aromatic heterocycles. The van der Waals surface area contributed by atoms with Crippen molar-refractivity contribution < 1.29 is 13.3 Å². The topological polar surface area (TPSA) is 77.8 Å². The molecule has 20 heavy (non-hydrogen) atoms. The first kappa shape index (κ1) is 12.2. The molecule has 0 radical (unpaired) electrons. The summed E-state index contributed by atoms with van der Waals surface area (Å²) >= 11 is 0. The van der Waals surface area contributed by atoms with Crippen molar-refractivity contribution >= 4 is 5.69 Å². The van der Waals surface area contributed by atoms with Crippen LogP contribution in [0.2, 0.25) is 0 Å². The largest absolute Gasteiger partial charge is 0.399 e. The van der Waals surface area contributed by atoms with Crippen molar-refractivity contribution in [2.24, 2.45) is 0 Å². The predicted octanol–water partition coefficient (Wildman–Crippen LogP) is 2.66. The van der Waals surface area contributed by atoms with E-state index in [9.17, 15) is 8.78 Å². The number of anilines is 1.